The second-order valence-corrected chi connectivity index (χ2v) is 16.2. The molecule has 220 valence electrons. The maximum atomic E-state index is 11.6. The fourth-order valence-electron chi connectivity index (χ4n) is 3.72. The molecule has 9 heteroatoms. The van der Waals surface area contributed by atoms with Crippen LogP contribution in [0.3, 0.4) is 0 Å². The van der Waals surface area contributed by atoms with Gasteiger partial charge in [0.15, 0.2) is 8.32 Å². The zero-order chi connectivity index (χ0) is 29.1. The van der Waals surface area contributed by atoms with Gasteiger partial charge in [-0.25, -0.2) is 0 Å². The van der Waals surface area contributed by atoms with Gasteiger partial charge in [0, 0.05) is 7.11 Å². The summed E-state index contributed by atoms with van der Waals surface area (Å²) in [5.41, 5.74) is 1.87. The van der Waals surface area contributed by atoms with Gasteiger partial charge < -0.3 is 38.7 Å². The predicted octanol–water partition coefficient (Wildman–Crippen LogP) is 4.27. The highest BCUT2D eigenvalue weighted by Gasteiger charge is 2.43. The largest absolute Gasteiger partial charge is 0.414 e. The third kappa shape index (κ3) is 10.7. The lowest BCUT2D eigenvalue weighted by molar-refractivity contribution is -0.217. The summed E-state index contributed by atoms with van der Waals surface area (Å²) in [5.74, 6) is 0. The Bertz CT molecular complexity index is 920. The number of benzene rings is 2. The maximum absolute atomic E-state index is 11.6. The molecule has 0 bridgehead atoms. The summed E-state index contributed by atoms with van der Waals surface area (Å²) in [7, 11) is -0.744. The number of aliphatic hydroxyl groups excluding tert-OH is 3. The summed E-state index contributed by atoms with van der Waals surface area (Å²) in [6, 6.07) is 19.3. The van der Waals surface area contributed by atoms with Crippen LogP contribution < -0.4 is 0 Å². The van der Waals surface area contributed by atoms with E-state index in [1.807, 2.05) is 60.7 Å². The first-order valence-corrected chi connectivity index (χ1v) is 16.4. The monoisotopic (exact) mass is 564 g/mol. The van der Waals surface area contributed by atoms with E-state index in [1.165, 1.54) is 14.0 Å². The lowest BCUT2D eigenvalue weighted by Crippen LogP contribution is -2.56. The number of aliphatic hydroxyl groups is 3. The highest BCUT2D eigenvalue weighted by atomic mass is 28.4. The van der Waals surface area contributed by atoms with E-state index in [1.54, 1.807) is 0 Å². The van der Waals surface area contributed by atoms with E-state index in [9.17, 15) is 15.3 Å². The quantitative estimate of drug-likeness (QED) is 0.193. The molecule has 0 aliphatic rings. The second-order valence-electron chi connectivity index (χ2n) is 11.4. The van der Waals surface area contributed by atoms with Crippen molar-refractivity contribution in [1.29, 1.82) is 0 Å². The Morgan fingerprint density at radius 2 is 1.26 bits per heavy atom. The van der Waals surface area contributed by atoms with E-state index < -0.39 is 44.9 Å². The third-order valence-corrected chi connectivity index (χ3v) is 11.8. The van der Waals surface area contributed by atoms with Crippen LogP contribution >= 0.6 is 0 Å². The average molecular weight is 565 g/mol. The van der Waals surface area contributed by atoms with Crippen LogP contribution in [0.4, 0.5) is 0 Å². The van der Waals surface area contributed by atoms with Crippen molar-refractivity contribution in [1.82, 2.24) is 0 Å². The Balaban J connectivity index is 2.42. The molecule has 0 fully saturated rings. The molecule has 2 aromatic carbocycles. The molecule has 0 spiro atoms. The summed E-state index contributed by atoms with van der Waals surface area (Å²) >= 11 is 0. The Kier molecular flexibility index (Phi) is 13.7. The molecular weight excluding hydrogens is 516 g/mol. The second kappa shape index (κ2) is 15.9. The fourth-order valence-corrected chi connectivity index (χ4v) is 4.74. The molecule has 6 atom stereocenters. The first-order chi connectivity index (χ1) is 18.4. The van der Waals surface area contributed by atoms with Crippen molar-refractivity contribution < 1.29 is 38.7 Å². The molecule has 0 amide bonds. The van der Waals surface area contributed by atoms with Gasteiger partial charge in [0.05, 0.1) is 25.9 Å². The van der Waals surface area contributed by atoms with Gasteiger partial charge in [0.1, 0.15) is 37.3 Å². The van der Waals surface area contributed by atoms with Crippen LogP contribution in [-0.2, 0) is 36.6 Å². The van der Waals surface area contributed by atoms with Gasteiger partial charge in [-0.2, -0.15) is 0 Å². The van der Waals surface area contributed by atoms with Gasteiger partial charge in [-0.3, -0.25) is 0 Å². The number of ether oxygens (including phenoxy) is 4. The van der Waals surface area contributed by atoms with Crippen molar-refractivity contribution in [3.63, 3.8) is 0 Å². The van der Waals surface area contributed by atoms with Gasteiger partial charge in [0.2, 0.25) is 0 Å². The first-order valence-electron chi connectivity index (χ1n) is 13.5. The van der Waals surface area contributed by atoms with Gasteiger partial charge in [-0.05, 0) is 36.2 Å². The molecule has 0 aliphatic heterocycles. The van der Waals surface area contributed by atoms with E-state index in [0.29, 0.717) is 0 Å². The normalized spacial score (nSPS) is 17.3. The van der Waals surface area contributed by atoms with Crippen LogP contribution in [0.2, 0.25) is 18.1 Å². The molecule has 0 aromatic heterocycles. The predicted molar refractivity (Wildman–Crippen MR) is 154 cm³/mol. The summed E-state index contributed by atoms with van der Waals surface area (Å²) in [4.78, 5) is 0. The molecule has 39 heavy (non-hydrogen) atoms. The van der Waals surface area contributed by atoms with Crippen LogP contribution in [-0.4, -0.2) is 80.8 Å². The summed E-state index contributed by atoms with van der Waals surface area (Å²) in [5, 5.41) is 32.5. The van der Waals surface area contributed by atoms with E-state index in [4.69, 9.17) is 23.4 Å². The van der Waals surface area contributed by atoms with Crippen molar-refractivity contribution in [3.05, 3.63) is 71.8 Å². The molecule has 8 nitrogen and oxygen atoms in total. The van der Waals surface area contributed by atoms with Crippen LogP contribution in [0.5, 0.6) is 0 Å². The number of methoxy groups -OCH3 is 1. The van der Waals surface area contributed by atoms with E-state index in [2.05, 4.69) is 33.9 Å². The minimum Gasteiger partial charge on any atom is -0.414 e. The molecule has 3 N–H and O–H groups in total. The van der Waals surface area contributed by atoms with Gasteiger partial charge in [-0.1, -0.05) is 81.4 Å². The minimum atomic E-state index is -2.19. The molecule has 0 unspecified atom stereocenters. The zero-order valence-electron chi connectivity index (χ0n) is 24.4. The number of hydrogen-bond acceptors (Lipinski definition) is 8. The zero-order valence-corrected chi connectivity index (χ0v) is 25.4. The Morgan fingerprint density at radius 3 is 1.72 bits per heavy atom. The molecule has 0 radical (unpaired) electrons. The molecule has 0 saturated carbocycles. The molecule has 2 rings (SSSR count). The summed E-state index contributed by atoms with van der Waals surface area (Å²) < 4.78 is 30.0. The molecular formula is C30H48O8Si. The van der Waals surface area contributed by atoms with Crippen LogP contribution in [0.15, 0.2) is 60.7 Å². The Morgan fingerprint density at radius 1 is 0.744 bits per heavy atom. The maximum Gasteiger partial charge on any atom is 0.192 e. The standard InChI is InChI=1S/C30H48O8Si/c1-22(31)26(32)29(37-21-34-5)27(33)28(36-19-24-16-12-9-13-17-24)25(20-38-39(6,7)30(2,3)4)35-18-23-14-10-8-11-15-23/h8-17,22,25-29,31-33H,18-21H2,1-7H3/t22-,25+,26+,27-,28+,29-/m0/s1. The molecule has 0 saturated heterocycles. The van der Waals surface area contributed by atoms with Gasteiger partial charge in [0.25, 0.3) is 0 Å². The van der Waals surface area contributed by atoms with Crippen LogP contribution in [0.25, 0.3) is 0 Å². The SMILES string of the molecule is COCO[C@H]([C@@H](O)[C@H](OCc1ccccc1)[C@@H](CO[Si](C)(C)C(C)(C)C)OCc1ccccc1)[C@H](O)[C@H](C)O. The highest BCUT2D eigenvalue weighted by Crippen LogP contribution is 2.37. The molecule has 0 aliphatic carbocycles. The Labute approximate surface area is 235 Å². The highest BCUT2D eigenvalue weighted by molar-refractivity contribution is 6.74. The topological polar surface area (TPSA) is 107 Å². The number of hydrogen-bond donors (Lipinski definition) is 3. The molecule has 0 heterocycles. The van der Waals surface area contributed by atoms with Crippen molar-refractivity contribution >= 4 is 8.32 Å². The van der Waals surface area contributed by atoms with E-state index >= 15 is 0 Å². The van der Waals surface area contributed by atoms with Crippen molar-refractivity contribution in [3.8, 4) is 0 Å². The van der Waals surface area contributed by atoms with Crippen molar-refractivity contribution in [2.75, 3.05) is 20.5 Å². The Hall–Kier alpha value is -1.66. The van der Waals surface area contributed by atoms with E-state index in [-0.39, 0.29) is 31.7 Å². The lowest BCUT2D eigenvalue weighted by Gasteiger charge is -2.40. The molecule has 2 aromatic rings. The summed E-state index contributed by atoms with van der Waals surface area (Å²) in [6.07, 6.45) is -6.82. The van der Waals surface area contributed by atoms with Crippen molar-refractivity contribution in [2.45, 2.75) is 95.7 Å². The van der Waals surface area contributed by atoms with Crippen LogP contribution in [0, 0.1) is 0 Å². The fraction of sp³-hybridized carbons (Fsp3) is 0.600. The summed E-state index contributed by atoms with van der Waals surface area (Å²) in [6.45, 7) is 12.7. The first kappa shape index (κ1) is 33.5. The smallest absolute Gasteiger partial charge is 0.192 e. The average Bonchev–Trinajstić information content (AvgIpc) is 2.90. The lowest BCUT2D eigenvalue weighted by atomic mass is 9.96. The van der Waals surface area contributed by atoms with Crippen molar-refractivity contribution in [2.24, 2.45) is 0 Å². The van der Waals surface area contributed by atoms with Gasteiger partial charge in [-0.15, -0.1) is 0 Å². The minimum absolute atomic E-state index is 0.0391. The third-order valence-electron chi connectivity index (χ3n) is 7.26. The van der Waals surface area contributed by atoms with E-state index in [0.717, 1.165) is 11.1 Å². The number of rotatable bonds is 17. The van der Waals surface area contributed by atoms with Crippen LogP contribution in [0.1, 0.15) is 38.8 Å². The van der Waals surface area contributed by atoms with Gasteiger partial charge >= 0.3 is 0 Å².